The fraction of sp³-hybridized carbons (Fsp3) is 0.167. The number of carbonyl (C=O) groups is 1. The number of amides is 1. The number of carbonyl (C=O) groups excluding carboxylic acids is 1. The van der Waals surface area contributed by atoms with Gasteiger partial charge in [0.15, 0.2) is 0 Å². The van der Waals surface area contributed by atoms with Gasteiger partial charge in [0.2, 0.25) is 5.91 Å². The molecule has 2 heterocycles. The summed E-state index contributed by atoms with van der Waals surface area (Å²) in [5, 5.41) is 5.23. The van der Waals surface area contributed by atoms with E-state index in [1.54, 1.807) is 12.1 Å². The highest BCUT2D eigenvalue weighted by Crippen LogP contribution is 2.30. The zero-order valence-electron chi connectivity index (χ0n) is 13.3. The fourth-order valence-corrected chi connectivity index (χ4v) is 3.30. The lowest BCUT2D eigenvalue weighted by Crippen LogP contribution is -2.32. The van der Waals surface area contributed by atoms with E-state index in [-0.39, 0.29) is 11.8 Å². The number of H-pyrrole nitrogens is 1. The molecule has 5 nitrogen and oxygen atoms in total. The van der Waals surface area contributed by atoms with Crippen molar-refractivity contribution in [1.82, 2.24) is 15.4 Å². The highest BCUT2D eigenvalue weighted by Gasteiger charge is 2.24. The van der Waals surface area contributed by atoms with Gasteiger partial charge < -0.3 is 4.98 Å². The van der Waals surface area contributed by atoms with Crippen molar-refractivity contribution in [2.45, 2.75) is 13.3 Å². The number of para-hydroxylation sites is 1. The standard InChI is InChI=1S/C18H14Cl2N4O/c1-9-7-15(25)23-24-16(9)11-3-2-4-14-17(11)22-18(21-14)10-5-6-12(19)13(20)8-10/h2-6,8-9H,7H2,1H3,(H,21,22)(H,23,25). The van der Waals surface area contributed by atoms with Crippen molar-refractivity contribution < 1.29 is 4.79 Å². The molecule has 1 unspecified atom stereocenters. The average Bonchev–Trinajstić information content (AvgIpc) is 3.02. The van der Waals surface area contributed by atoms with Gasteiger partial charge in [-0.25, -0.2) is 10.4 Å². The summed E-state index contributed by atoms with van der Waals surface area (Å²) in [6.45, 7) is 1.99. The van der Waals surface area contributed by atoms with Gasteiger partial charge in [-0.3, -0.25) is 4.79 Å². The number of benzene rings is 2. The molecule has 1 atom stereocenters. The zero-order chi connectivity index (χ0) is 17.6. The van der Waals surface area contributed by atoms with Crippen LogP contribution in [0.3, 0.4) is 0 Å². The molecule has 0 saturated carbocycles. The van der Waals surface area contributed by atoms with Crippen molar-refractivity contribution in [3.05, 3.63) is 52.0 Å². The van der Waals surface area contributed by atoms with Gasteiger partial charge in [-0.1, -0.05) is 42.3 Å². The number of nitrogens with one attached hydrogen (secondary N) is 2. The molecule has 2 N–H and O–H groups in total. The predicted molar refractivity (Wildman–Crippen MR) is 100 cm³/mol. The van der Waals surface area contributed by atoms with E-state index < -0.39 is 0 Å². The molecule has 0 bridgehead atoms. The van der Waals surface area contributed by atoms with Crippen LogP contribution in [0.25, 0.3) is 22.4 Å². The summed E-state index contributed by atoms with van der Waals surface area (Å²) < 4.78 is 0. The minimum atomic E-state index is -0.0676. The Morgan fingerprint density at radius 2 is 2.00 bits per heavy atom. The quantitative estimate of drug-likeness (QED) is 0.699. The summed E-state index contributed by atoms with van der Waals surface area (Å²) in [5.74, 6) is 0.667. The second kappa shape index (κ2) is 6.17. The van der Waals surface area contributed by atoms with Gasteiger partial charge in [-0.2, -0.15) is 5.10 Å². The lowest BCUT2D eigenvalue weighted by atomic mass is 9.93. The minimum absolute atomic E-state index is 0.0319. The van der Waals surface area contributed by atoms with Crippen LogP contribution >= 0.6 is 23.2 Å². The van der Waals surface area contributed by atoms with Crippen LogP contribution < -0.4 is 5.43 Å². The Hall–Kier alpha value is -2.37. The molecule has 25 heavy (non-hydrogen) atoms. The van der Waals surface area contributed by atoms with Gasteiger partial charge in [-0.15, -0.1) is 0 Å². The van der Waals surface area contributed by atoms with Gasteiger partial charge in [-0.05, 0) is 24.3 Å². The largest absolute Gasteiger partial charge is 0.338 e. The number of fused-ring (bicyclic) bond motifs is 1. The van der Waals surface area contributed by atoms with Crippen LogP contribution in [0.5, 0.6) is 0 Å². The Morgan fingerprint density at radius 3 is 2.76 bits per heavy atom. The first-order valence-corrected chi connectivity index (χ1v) is 8.59. The number of hydrazone groups is 1. The molecular formula is C18H14Cl2N4O. The summed E-state index contributed by atoms with van der Waals surface area (Å²) >= 11 is 12.1. The Balaban J connectivity index is 1.84. The number of hydrogen-bond donors (Lipinski definition) is 2. The van der Waals surface area contributed by atoms with E-state index in [4.69, 9.17) is 28.2 Å². The first-order chi connectivity index (χ1) is 12.0. The number of aromatic amines is 1. The highest BCUT2D eigenvalue weighted by molar-refractivity contribution is 6.42. The molecule has 0 radical (unpaired) electrons. The number of imidazole rings is 1. The molecule has 7 heteroatoms. The van der Waals surface area contributed by atoms with Crippen molar-refractivity contribution in [3.8, 4) is 11.4 Å². The second-order valence-electron chi connectivity index (χ2n) is 6.05. The molecule has 2 aromatic carbocycles. The monoisotopic (exact) mass is 372 g/mol. The van der Waals surface area contributed by atoms with Crippen molar-refractivity contribution >= 4 is 45.9 Å². The van der Waals surface area contributed by atoms with E-state index in [1.807, 2.05) is 31.2 Å². The predicted octanol–water partition coefficient (Wildman–Crippen LogP) is 4.40. The normalized spacial score (nSPS) is 17.5. The Kier molecular flexibility index (Phi) is 3.98. The molecule has 0 fully saturated rings. The summed E-state index contributed by atoms with van der Waals surface area (Å²) in [7, 11) is 0. The first-order valence-electron chi connectivity index (χ1n) is 7.84. The summed E-state index contributed by atoms with van der Waals surface area (Å²) in [6, 6.07) is 11.3. The van der Waals surface area contributed by atoms with Crippen molar-refractivity contribution in [2.24, 2.45) is 11.0 Å². The maximum absolute atomic E-state index is 11.5. The van der Waals surface area contributed by atoms with Crippen molar-refractivity contribution in [2.75, 3.05) is 0 Å². The number of nitrogens with zero attached hydrogens (tertiary/aromatic N) is 2. The lowest BCUT2D eigenvalue weighted by Gasteiger charge is -2.19. The number of rotatable bonds is 2. The number of aromatic nitrogens is 2. The molecule has 4 rings (SSSR count). The van der Waals surface area contributed by atoms with E-state index in [2.05, 4.69) is 15.5 Å². The summed E-state index contributed by atoms with van der Waals surface area (Å²) in [4.78, 5) is 19.5. The zero-order valence-corrected chi connectivity index (χ0v) is 14.8. The second-order valence-corrected chi connectivity index (χ2v) is 6.87. The van der Waals surface area contributed by atoms with Crippen molar-refractivity contribution in [1.29, 1.82) is 0 Å². The Labute approximate surface area is 154 Å². The van der Waals surface area contributed by atoms with E-state index >= 15 is 0 Å². The van der Waals surface area contributed by atoms with E-state index in [9.17, 15) is 4.79 Å². The maximum Gasteiger partial charge on any atom is 0.240 e. The summed E-state index contributed by atoms with van der Waals surface area (Å²) in [5.41, 5.74) is 6.85. The summed E-state index contributed by atoms with van der Waals surface area (Å²) in [6.07, 6.45) is 0.416. The van der Waals surface area contributed by atoms with Gasteiger partial charge in [0.05, 0.1) is 26.8 Å². The van der Waals surface area contributed by atoms with Gasteiger partial charge in [0, 0.05) is 23.5 Å². The molecule has 0 spiro atoms. The lowest BCUT2D eigenvalue weighted by molar-refractivity contribution is -0.121. The highest BCUT2D eigenvalue weighted by atomic mass is 35.5. The number of hydrogen-bond acceptors (Lipinski definition) is 3. The maximum atomic E-state index is 11.5. The fourth-order valence-electron chi connectivity index (χ4n) is 3.00. The van der Waals surface area contributed by atoms with E-state index in [0.717, 1.165) is 27.9 Å². The third-order valence-corrected chi connectivity index (χ3v) is 4.98. The van der Waals surface area contributed by atoms with Crippen LogP contribution in [0, 0.1) is 5.92 Å². The van der Waals surface area contributed by atoms with Gasteiger partial charge >= 0.3 is 0 Å². The van der Waals surface area contributed by atoms with Crippen LogP contribution in [-0.2, 0) is 4.79 Å². The van der Waals surface area contributed by atoms with E-state index in [1.165, 1.54) is 0 Å². The third kappa shape index (κ3) is 2.90. The molecule has 1 aliphatic rings. The van der Waals surface area contributed by atoms with Crippen LogP contribution in [0.15, 0.2) is 41.5 Å². The van der Waals surface area contributed by atoms with Crippen LogP contribution in [0.4, 0.5) is 0 Å². The molecule has 0 aliphatic carbocycles. The Bertz CT molecular complexity index is 1030. The SMILES string of the molecule is CC1CC(=O)NN=C1c1cccc2[nH]c(-c3ccc(Cl)c(Cl)c3)nc12. The van der Waals surface area contributed by atoms with Gasteiger partial charge in [0.25, 0.3) is 0 Å². The molecule has 3 aromatic rings. The van der Waals surface area contributed by atoms with Crippen LogP contribution in [0.2, 0.25) is 10.0 Å². The molecule has 126 valence electrons. The molecular weight excluding hydrogens is 359 g/mol. The number of halogens is 2. The third-order valence-electron chi connectivity index (χ3n) is 4.24. The van der Waals surface area contributed by atoms with Crippen molar-refractivity contribution in [3.63, 3.8) is 0 Å². The molecule has 1 amide bonds. The smallest absolute Gasteiger partial charge is 0.240 e. The first kappa shape index (κ1) is 16.1. The van der Waals surface area contributed by atoms with E-state index in [0.29, 0.717) is 22.3 Å². The molecule has 1 aromatic heterocycles. The van der Waals surface area contributed by atoms with Crippen LogP contribution in [0.1, 0.15) is 18.9 Å². The minimum Gasteiger partial charge on any atom is -0.338 e. The molecule has 1 aliphatic heterocycles. The van der Waals surface area contributed by atoms with Gasteiger partial charge in [0.1, 0.15) is 5.82 Å². The Morgan fingerprint density at radius 1 is 1.16 bits per heavy atom. The van der Waals surface area contributed by atoms with Crippen LogP contribution in [-0.4, -0.2) is 21.6 Å². The molecule has 0 saturated heterocycles. The topological polar surface area (TPSA) is 70.1 Å². The average molecular weight is 373 g/mol.